The van der Waals surface area contributed by atoms with Gasteiger partial charge in [0.05, 0.1) is 0 Å². The van der Waals surface area contributed by atoms with Crippen molar-refractivity contribution < 1.29 is 4.79 Å². The molecule has 1 fully saturated rings. The van der Waals surface area contributed by atoms with Crippen LogP contribution in [0.1, 0.15) is 35.8 Å². The fourth-order valence-electron chi connectivity index (χ4n) is 2.52. The molecule has 1 aromatic heterocycles. The number of hydrogen-bond donors (Lipinski definition) is 2. The van der Waals surface area contributed by atoms with Crippen molar-refractivity contribution in [3.63, 3.8) is 0 Å². The lowest BCUT2D eigenvalue weighted by molar-refractivity contribution is 0.1000. The van der Waals surface area contributed by atoms with E-state index >= 15 is 0 Å². The molecule has 1 atom stereocenters. The summed E-state index contributed by atoms with van der Waals surface area (Å²) in [4.78, 5) is 18.0. The zero-order chi connectivity index (χ0) is 13.8. The number of nitrogens with one attached hydrogen (secondary N) is 1. The van der Waals surface area contributed by atoms with Crippen LogP contribution in [0.3, 0.4) is 0 Å². The number of primary amides is 1. The highest BCUT2D eigenvalue weighted by Gasteiger charge is 2.18. The number of nitrogens with zero attached hydrogens (tertiary/aromatic N) is 2. The van der Waals surface area contributed by atoms with E-state index < -0.39 is 5.91 Å². The van der Waals surface area contributed by atoms with E-state index in [2.05, 4.69) is 22.1 Å². The zero-order valence-electron chi connectivity index (χ0n) is 11.6. The highest BCUT2D eigenvalue weighted by Crippen LogP contribution is 2.17. The van der Waals surface area contributed by atoms with Gasteiger partial charge in [-0.2, -0.15) is 0 Å². The van der Waals surface area contributed by atoms with Crippen molar-refractivity contribution in [3.8, 4) is 0 Å². The Morgan fingerprint density at radius 2 is 2.37 bits per heavy atom. The van der Waals surface area contributed by atoms with Gasteiger partial charge in [-0.3, -0.25) is 4.79 Å². The number of aromatic nitrogens is 1. The Morgan fingerprint density at radius 1 is 1.58 bits per heavy atom. The highest BCUT2D eigenvalue weighted by atomic mass is 16.1. The predicted octanol–water partition coefficient (Wildman–Crippen LogP) is 1.07. The number of likely N-dealkylation sites (N-methyl/N-ethyl adjacent to an activating group) is 1. The molecule has 5 heteroatoms. The smallest absolute Gasteiger partial charge is 0.248 e. The third kappa shape index (κ3) is 3.44. The van der Waals surface area contributed by atoms with E-state index in [1.807, 2.05) is 6.92 Å². The standard InChI is InChI=1S/C14H22N4O/c1-3-18(9-12-5-4-6-16-12)13-8-11(14(15)19)7-10(2)17-13/h7-8,12,16H,3-6,9H2,1-2H3,(H2,15,19). The maximum absolute atomic E-state index is 11.3. The van der Waals surface area contributed by atoms with Crippen molar-refractivity contribution >= 4 is 11.7 Å². The Balaban J connectivity index is 2.19. The maximum Gasteiger partial charge on any atom is 0.248 e. The first kappa shape index (κ1) is 13.8. The number of aryl methyl sites for hydroxylation is 1. The first-order valence-corrected chi connectivity index (χ1v) is 6.87. The molecular formula is C14H22N4O. The summed E-state index contributed by atoms with van der Waals surface area (Å²) in [7, 11) is 0. The summed E-state index contributed by atoms with van der Waals surface area (Å²) >= 11 is 0. The quantitative estimate of drug-likeness (QED) is 0.832. The van der Waals surface area contributed by atoms with Crippen LogP contribution in [-0.4, -0.2) is 36.6 Å². The second-order valence-corrected chi connectivity index (χ2v) is 5.05. The lowest BCUT2D eigenvalue weighted by Crippen LogP contribution is -2.38. The molecular weight excluding hydrogens is 240 g/mol. The second kappa shape index (κ2) is 6.02. The zero-order valence-corrected chi connectivity index (χ0v) is 11.6. The number of carbonyl (C=O) groups is 1. The monoisotopic (exact) mass is 262 g/mol. The lowest BCUT2D eigenvalue weighted by atomic mass is 10.2. The molecule has 0 aromatic carbocycles. The molecule has 3 N–H and O–H groups in total. The van der Waals surface area contributed by atoms with E-state index in [4.69, 9.17) is 5.73 Å². The first-order valence-electron chi connectivity index (χ1n) is 6.87. The Kier molecular flexibility index (Phi) is 4.37. The number of hydrogen-bond acceptors (Lipinski definition) is 4. The van der Waals surface area contributed by atoms with E-state index in [9.17, 15) is 4.79 Å². The molecule has 1 unspecified atom stereocenters. The third-order valence-corrected chi connectivity index (χ3v) is 3.53. The summed E-state index contributed by atoms with van der Waals surface area (Å²) in [5, 5.41) is 3.48. The molecule has 1 saturated heterocycles. The summed E-state index contributed by atoms with van der Waals surface area (Å²) in [6.07, 6.45) is 2.43. The van der Waals surface area contributed by atoms with Crippen LogP contribution >= 0.6 is 0 Å². The number of rotatable bonds is 5. The SMILES string of the molecule is CCN(CC1CCCN1)c1cc(C(N)=O)cc(C)n1. The van der Waals surface area contributed by atoms with Crippen LogP contribution in [0.4, 0.5) is 5.82 Å². The lowest BCUT2D eigenvalue weighted by Gasteiger charge is -2.26. The number of anilines is 1. The van der Waals surface area contributed by atoms with E-state index in [0.29, 0.717) is 11.6 Å². The molecule has 1 aromatic rings. The topological polar surface area (TPSA) is 71.2 Å². The molecule has 19 heavy (non-hydrogen) atoms. The second-order valence-electron chi connectivity index (χ2n) is 5.05. The number of carbonyl (C=O) groups excluding carboxylic acids is 1. The van der Waals surface area contributed by atoms with Gasteiger partial charge >= 0.3 is 0 Å². The van der Waals surface area contributed by atoms with Crippen LogP contribution < -0.4 is 16.0 Å². The van der Waals surface area contributed by atoms with Crippen molar-refractivity contribution in [3.05, 3.63) is 23.4 Å². The number of amides is 1. The number of nitrogens with two attached hydrogens (primary N) is 1. The molecule has 1 amide bonds. The maximum atomic E-state index is 11.3. The van der Waals surface area contributed by atoms with Gasteiger partial charge in [0.15, 0.2) is 0 Å². The van der Waals surface area contributed by atoms with Gasteiger partial charge in [-0.25, -0.2) is 4.98 Å². The molecule has 1 aliphatic heterocycles. The van der Waals surface area contributed by atoms with Crippen LogP contribution in [0.2, 0.25) is 0 Å². The minimum atomic E-state index is -0.401. The van der Waals surface area contributed by atoms with E-state index in [1.165, 1.54) is 12.8 Å². The normalized spacial score (nSPS) is 18.5. The molecule has 104 valence electrons. The van der Waals surface area contributed by atoms with Gasteiger partial charge in [0, 0.05) is 30.4 Å². The van der Waals surface area contributed by atoms with Gasteiger partial charge in [0.25, 0.3) is 0 Å². The van der Waals surface area contributed by atoms with E-state index in [0.717, 1.165) is 31.1 Å². The van der Waals surface area contributed by atoms with Gasteiger partial charge in [-0.1, -0.05) is 0 Å². The molecule has 0 spiro atoms. The molecule has 0 saturated carbocycles. The average molecular weight is 262 g/mol. The van der Waals surface area contributed by atoms with Crippen LogP contribution in [0.15, 0.2) is 12.1 Å². The Labute approximate surface area is 114 Å². The molecule has 0 radical (unpaired) electrons. The van der Waals surface area contributed by atoms with Crippen LogP contribution in [0, 0.1) is 6.92 Å². The molecule has 5 nitrogen and oxygen atoms in total. The summed E-state index contributed by atoms with van der Waals surface area (Å²) in [5.74, 6) is 0.437. The molecule has 2 heterocycles. The van der Waals surface area contributed by atoms with Gasteiger partial charge in [-0.05, 0) is 45.4 Å². The average Bonchev–Trinajstić information content (AvgIpc) is 2.88. The van der Waals surface area contributed by atoms with Crippen molar-refractivity contribution in [2.45, 2.75) is 32.7 Å². The fourth-order valence-corrected chi connectivity index (χ4v) is 2.52. The Hall–Kier alpha value is -1.62. The van der Waals surface area contributed by atoms with Crippen molar-refractivity contribution in [1.29, 1.82) is 0 Å². The highest BCUT2D eigenvalue weighted by molar-refractivity contribution is 5.93. The summed E-state index contributed by atoms with van der Waals surface area (Å²) in [5.41, 5.74) is 6.71. The summed E-state index contributed by atoms with van der Waals surface area (Å²) in [6.45, 7) is 6.87. The Bertz CT molecular complexity index is 455. The molecule has 0 bridgehead atoms. The minimum absolute atomic E-state index is 0.401. The Morgan fingerprint density at radius 3 is 2.95 bits per heavy atom. The molecule has 2 rings (SSSR count). The van der Waals surface area contributed by atoms with Crippen molar-refractivity contribution in [2.24, 2.45) is 5.73 Å². The van der Waals surface area contributed by atoms with E-state index in [-0.39, 0.29) is 0 Å². The van der Waals surface area contributed by atoms with Crippen LogP contribution in [-0.2, 0) is 0 Å². The van der Waals surface area contributed by atoms with Crippen LogP contribution in [0.25, 0.3) is 0 Å². The summed E-state index contributed by atoms with van der Waals surface area (Å²) in [6, 6.07) is 4.03. The summed E-state index contributed by atoms with van der Waals surface area (Å²) < 4.78 is 0. The van der Waals surface area contributed by atoms with Crippen molar-refractivity contribution in [2.75, 3.05) is 24.5 Å². The van der Waals surface area contributed by atoms with Gasteiger partial charge in [-0.15, -0.1) is 0 Å². The van der Waals surface area contributed by atoms with Gasteiger partial charge in [0.1, 0.15) is 5.82 Å². The predicted molar refractivity (Wildman–Crippen MR) is 76.4 cm³/mol. The fraction of sp³-hybridized carbons (Fsp3) is 0.571. The molecule has 0 aliphatic carbocycles. The molecule has 1 aliphatic rings. The third-order valence-electron chi connectivity index (χ3n) is 3.53. The van der Waals surface area contributed by atoms with Gasteiger partial charge in [0.2, 0.25) is 5.91 Å². The van der Waals surface area contributed by atoms with Gasteiger partial charge < -0.3 is 16.0 Å². The van der Waals surface area contributed by atoms with Crippen molar-refractivity contribution in [1.82, 2.24) is 10.3 Å². The first-order chi connectivity index (χ1) is 9.10. The number of pyridine rings is 1. The van der Waals surface area contributed by atoms with E-state index in [1.54, 1.807) is 12.1 Å². The van der Waals surface area contributed by atoms with Crippen LogP contribution in [0.5, 0.6) is 0 Å². The minimum Gasteiger partial charge on any atom is -0.366 e. The largest absolute Gasteiger partial charge is 0.366 e.